The van der Waals surface area contributed by atoms with E-state index in [1.165, 1.54) is 0 Å². The summed E-state index contributed by atoms with van der Waals surface area (Å²) in [6.45, 7) is 3.56. The van der Waals surface area contributed by atoms with Crippen LogP contribution in [0.5, 0.6) is 0 Å². The van der Waals surface area contributed by atoms with Gasteiger partial charge in [0.15, 0.2) is 0 Å². The van der Waals surface area contributed by atoms with Crippen LogP contribution in [0, 0.1) is 19.7 Å². The molecule has 0 atom stereocenters. The zero-order valence-corrected chi connectivity index (χ0v) is 9.51. The van der Waals surface area contributed by atoms with Crippen molar-refractivity contribution in [1.29, 1.82) is 0 Å². The number of aliphatic carboxylic acids is 1. The smallest absolute Gasteiger partial charge is 0.304 e. The molecule has 0 bridgehead atoms. The predicted octanol–water partition coefficient (Wildman–Crippen LogP) is 2.95. The highest BCUT2D eigenvalue weighted by Crippen LogP contribution is 2.53. The highest BCUT2D eigenvalue weighted by Gasteiger charge is 2.48. The van der Waals surface area contributed by atoms with Crippen molar-refractivity contribution < 1.29 is 14.3 Å². The zero-order valence-electron chi connectivity index (χ0n) is 9.51. The normalized spacial score (nSPS) is 17.2. The van der Waals surface area contributed by atoms with Gasteiger partial charge in [0.1, 0.15) is 5.82 Å². The molecule has 0 saturated heterocycles. The van der Waals surface area contributed by atoms with Crippen molar-refractivity contribution in [3.63, 3.8) is 0 Å². The lowest BCUT2D eigenvalue weighted by molar-refractivity contribution is -0.137. The highest BCUT2D eigenvalue weighted by atomic mass is 19.1. The van der Waals surface area contributed by atoms with E-state index in [-0.39, 0.29) is 12.2 Å². The number of hydrogen-bond donors (Lipinski definition) is 1. The third-order valence-electron chi connectivity index (χ3n) is 3.42. The molecule has 0 heterocycles. The molecule has 0 aromatic heterocycles. The molecule has 0 spiro atoms. The van der Waals surface area contributed by atoms with Gasteiger partial charge in [-0.25, -0.2) is 4.39 Å². The van der Waals surface area contributed by atoms with Gasteiger partial charge in [0.25, 0.3) is 0 Å². The van der Waals surface area contributed by atoms with E-state index in [0.29, 0.717) is 11.1 Å². The molecule has 1 saturated carbocycles. The van der Waals surface area contributed by atoms with Crippen LogP contribution in [0.1, 0.15) is 36.0 Å². The molecule has 1 N–H and O–H groups in total. The Morgan fingerprint density at radius 3 is 2.44 bits per heavy atom. The van der Waals surface area contributed by atoms with Crippen molar-refractivity contribution in [1.82, 2.24) is 0 Å². The fraction of sp³-hybridized carbons (Fsp3) is 0.462. The van der Waals surface area contributed by atoms with Crippen molar-refractivity contribution in [2.45, 2.75) is 38.5 Å². The predicted molar refractivity (Wildman–Crippen MR) is 59.0 cm³/mol. The van der Waals surface area contributed by atoms with Gasteiger partial charge in [0, 0.05) is 5.41 Å². The van der Waals surface area contributed by atoms with E-state index in [9.17, 15) is 9.18 Å². The summed E-state index contributed by atoms with van der Waals surface area (Å²) >= 11 is 0. The Hall–Kier alpha value is -1.38. The largest absolute Gasteiger partial charge is 0.481 e. The molecule has 2 nitrogen and oxygen atoms in total. The van der Waals surface area contributed by atoms with Crippen molar-refractivity contribution in [3.05, 3.63) is 34.6 Å². The second-order valence-electron chi connectivity index (χ2n) is 4.74. The molecule has 0 unspecified atom stereocenters. The van der Waals surface area contributed by atoms with Crippen LogP contribution in [0.25, 0.3) is 0 Å². The molecule has 2 rings (SSSR count). The van der Waals surface area contributed by atoms with Gasteiger partial charge in [-0.05, 0) is 43.4 Å². The van der Waals surface area contributed by atoms with Gasteiger partial charge in [0.05, 0.1) is 6.42 Å². The van der Waals surface area contributed by atoms with Crippen LogP contribution in [0.2, 0.25) is 0 Å². The van der Waals surface area contributed by atoms with Gasteiger partial charge in [-0.3, -0.25) is 4.79 Å². The third kappa shape index (κ3) is 1.70. The standard InChI is InChI=1S/C13H15FO2/c1-8-3-4-9(2)12(14)11(8)13(5-6-13)7-10(15)16/h3-4H,5-7H2,1-2H3,(H,15,16). The SMILES string of the molecule is Cc1ccc(C)c(C2(CC(=O)O)CC2)c1F. The molecule has 1 aliphatic rings. The molecule has 16 heavy (non-hydrogen) atoms. The second-order valence-corrected chi connectivity index (χ2v) is 4.74. The number of halogens is 1. The van der Waals surface area contributed by atoms with E-state index < -0.39 is 11.4 Å². The van der Waals surface area contributed by atoms with Crippen molar-refractivity contribution in [2.75, 3.05) is 0 Å². The van der Waals surface area contributed by atoms with Crippen LogP contribution in [0.4, 0.5) is 4.39 Å². The fourth-order valence-corrected chi connectivity index (χ4v) is 2.38. The van der Waals surface area contributed by atoms with Crippen LogP contribution in [0.15, 0.2) is 12.1 Å². The number of carboxylic acids is 1. The Morgan fingerprint density at radius 2 is 1.94 bits per heavy atom. The fourth-order valence-electron chi connectivity index (χ4n) is 2.38. The summed E-state index contributed by atoms with van der Waals surface area (Å²) < 4.78 is 14.1. The Kier molecular flexibility index (Phi) is 2.49. The van der Waals surface area contributed by atoms with Crippen LogP contribution < -0.4 is 0 Å². The minimum atomic E-state index is -0.849. The molecule has 1 fully saturated rings. The first-order chi connectivity index (χ1) is 7.46. The lowest BCUT2D eigenvalue weighted by Gasteiger charge is -2.18. The summed E-state index contributed by atoms with van der Waals surface area (Å²) in [6, 6.07) is 3.61. The van der Waals surface area contributed by atoms with Crippen molar-refractivity contribution in [3.8, 4) is 0 Å². The summed E-state index contributed by atoms with van der Waals surface area (Å²) in [5, 5.41) is 8.88. The monoisotopic (exact) mass is 222 g/mol. The minimum absolute atomic E-state index is 0.0359. The Labute approximate surface area is 94.1 Å². The van der Waals surface area contributed by atoms with E-state index in [2.05, 4.69) is 0 Å². The first kappa shape index (κ1) is 11.1. The number of carbonyl (C=O) groups is 1. The van der Waals surface area contributed by atoms with Crippen LogP contribution in [-0.4, -0.2) is 11.1 Å². The summed E-state index contributed by atoms with van der Waals surface area (Å²) in [5.74, 6) is -1.07. The van der Waals surface area contributed by atoms with E-state index in [0.717, 1.165) is 18.4 Å². The van der Waals surface area contributed by atoms with Gasteiger partial charge in [-0.15, -0.1) is 0 Å². The first-order valence-corrected chi connectivity index (χ1v) is 5.44. The molecule has 1 aliphatic carbocycles. The van der Waals surface area contributed by atoms with Gasteiger partial charge in [-0.2, -0.15) is 0 Å². The quantitative estimate of drug-likeness (QED) is 0.853. The maximum absolute atomic E-state index is 14.1. The molecular formula is C13H15FO2. The van der Waals surface area contributed by atoms with E-state index in [4.69, 9.17) is 5.11 Å². The highest BCUT2D eigenvalue weighted by molar-refractivity contribution is 5.70. The van der Waals surface area contributed by atoms with Crippen molar-refractivity contribution >= 4 is 5.97 Å². The lowest BCUT2D eigenvalue weighted by atomic mass is 9.87. The number of aryl methyl sites for hydroxylation is 2. The molecule has 1 aromatic carbocycles. The van der Waals surface area contributed by atoms with Gasteiger partial charge in [0.2, 0.25) is 0 Å². The summed E-state index contributed by atoms with van der Waals surface area (Å²) in [6.07, 6.45) is 1.59. The molecule has 3 heteroatoms. The average molecular weight is 222 g/mol. The number of carboxylic acid groups (broad SMARTS) is 1. The lowest BCUT2D eigenvalue weighted by Crippen LogP contribution is -2.16. The molecule has 0 amide bonds. The maximum Gasteiger partial charge on any atom is 0.304 e. The van der Waals surface area contributed by atoms with Gasteiger partial charge >= 0.3 is 5.97 Å². The van der Waals surface area contributed by atoms with Crippen molar-refractivity contribution in [2.24, 2.45) is 0 Å². The van der Waals surface area contributed by atoms with E-state index >= 15 is 0 Å². The van der Waals surface area contributed by atoms with Crippen LogP contribution >= 0.6 is 0 Å². The van der Waals surface area contributed by atoms with Crippen LogP contribution in [0.3, 0.4) is 0 Å². The summed E-state index contributed by atoms with van der Waals surface area (Å²) in [4.78, 5) is 10.8. The van der Waals surface area contributed by atoms with Gasteiger partial charge in [-0.1, -0.05) is 12.1 Å². The summed E-state index contributed by atoms with van der Waals surface area (Å²) in [5.41, 5.74) is 1.64. The van der Waals surface area contributed by atoms with Gasteiger partial charge < -0.3 is 5.11 Å². The molecule has 86 valence electrons. The third-order valence-corrected chi connectivity index (χ3v) is 3.42. The number of rotatable bonds is 3. The topological polar surface area (TPSA) is 37.3 Å². The second kappa shape index (κ2) is 3.58. The molecule has 0 radical (unpaired) electrons. The summed E-state index contributed by atoms with van der Waals surface area (Å²) in [7, 11) is 0. The first-order valence-electron chi connectivity index (χ1n) is 5.44. The Balaban J connectivity index is 2.48. The average Bonchev–Trinajstić information content (AvgIpc) is 2.92. The zero-order chi connectivity index (χ0) is 11.9. The molecular weight excluding hydrogens is 207 g/mol. The van der Waals surface area contributed by atoms with E-state index in [1.54, 1.807) is 13.0 Å². The van der Waals surface area contributed by atoms with Crippen LogP contribution in [-0.2, 0) is 10.2 Å². The molecule has 0 aliphatic heterocycles. The Morgan fingerprint density at radius 1 is 1.38 bits per heavy atom. The number of benzene rings is 1. The Bertz CT molecular complexity index is 447. The number of hydrogen-bond acceptors (Lipinski definition) is 1. The maximum atomic E-state index is 14.1. The molecule has 1 aromatic rings. The van der Waals surface area contributed by atoms with E-state index in [1.807, 2.05) is 13.0 Å². The minimum Gasteiger partial charge on any atom is -0.481 e.